The Morgan fingerprint density at radius 3 is 2.33 bits per heavy atom. The van der Waals surface area contributed by atoms with Gasteiger partial charge in [-0.15, -0.1) is 0 Å². The van der Waals surface area contributed by atoms with E-state index in [9.17, 15) is 0 Å². The third-order valence-corrected chi connectivity index (χ3v) is 2.21. The van der Waals surface area contributed by atoms with Crippen molar-refractivity contribution in [3.63, 3.8) is 0 Å². The Balaban J connectivity index is 2.37. The van der Waals surface area contributed by atoms with E-state index in [4.69, 9.17) is 0 Å². The summed E-state index contributed by atoms with van der Waals surface area (Å²) in [5.41, 5.74) is 1.28. The Morgan fingerprint density at radius 2 is 1.80 bits per heavy atom. The van der Waals surface area contributed by atoms with Crippen molar-refractivity contribution < 1.29 is 0 Å². The highest BCUT2D eigenvalue weighted by atomic mass is 15.3. The first-order valence-corrected chi connectivity index (χ1v) is 4.90. The van der Waals surface area contributed by atoms with Gasteiger partial charge >= 0.3 is 0 Å². The van der Waals surface area contributed by atoms with Crippen LogP contribution in [0.25, 0.3) is 5.95 Å². The van der Waals surface area contributed by atoms with Gasteiger partial charge in [0, 0.05) is 18.6 Å². The summed E-state index contributed by atoms with van der Waals surface area (Å²) in [6.45, 7) is 6.46. The lowest BCUT2D eigenvalue weighted by Crippen LogP contribution is -2.09. The second kappa shape index (κ2) is 3.46. The van der Waals surface area contributed by atoms with Crippen molar-refractivity contribution in [2.24, 2.45) is 0 Å². The molecule has 0 aromatic carbocycles. The molecule has 2 aromatic rings. The van der Waals surface area contributed by atoms with E-state index in [0.717, 1.165) is 0 Å². The highest BCUT2D eigenvalue weighted by molar-refractivity contribution is 5.19. The van der Waals surface area contributed by atoms with Crippen LogP contribution in [0.4, 0.5) is 0 Å². The van der Waals surface area contributed by atoms with Crippen LogP contribution >= 0.6 is 0 Å². The average Bonchev–Trinajstić information content (AvgIpc) is 2.67. The maximum Gasteiger partial charge on any atom is 0.250 e. The van der Waals surface area contributed by atoms with E-state index in [0.29, 0.717) is 5.95 Å². The molecule has 2 heterocycles. The molecule has 0 saturated heterocycles. The summed E-state index contributed by atoms with van der Waals surface area (Å²) in [5.74, 6) is 0.605. The molecule has 0 atom stereocenters. The number of hydrogen-bond acceptors (Lipinski definition) is 3. The van der Waals surface area contributed by atoms with Crippen LogP contribution in [0.5, 0.6) is 0 Å². The van der Waals surface area contributed by atoms with E-state index >= 15 is 0 Å². The smallest absolute Gasteiger partial charge is 0.220 e. The fourth-order valence-electron chi connectivity index (χ4n) is 1.23. The molecular weight excluding hydrogens is 188 g/mol. The standard InChI is InChI=1S/C11H14N4/c1-11(2,3)9-7-14-15(8-9)10-12-5-4-6-13-10/h4-8H,1-3H3. The molecule has 78 valence electrons. The zero-order valence-electron chi connectivity index (χ0n) is 9.18. The van der Waals surface area contributed by atoms with Crippen molar-refractivity contribution >= 4 is 0 Å². The minimum atomic E-state index is 0.104. The van der Waals surface area contributed by atoms with E-state index in [1.165, 1.54) is 5.56 Å². The third-order valence-electron chi connectivity index (χ3n) is 2.21. The summed E-state index contributed by atoms with van der Waals surface area (Å²) in [6.07, 6.45) is 7.24. The monoisotopic (exact) mass is 202 g/mol. The summed E-state index contributed by atoms with van der Waals surface area (Å²) >= 11 is 0. The van der Waals surface area contributed by atoms with E-state index in [1.807, 2.05) is 12.4 Å². The quantitative estimate of drug-likeness (QED) is 0.710. The van der Waals surface area contributed by atoms with Gasteiger partial charge in [-0.2, -0.15) is 5.10 Å². The van der Waals surface area contributed by atoms with Crippen molar-refractivity contribution in [1.29, 1.82) is 0 Å². The lowest BCUT2D eigenvalue weighted by Gasteiger charge is -2.14. The van der Waals surface area contributed by atoms with Crippen LogP contribution in [0.1, 0.15) is 26.3 Å². The van der Waals surface area contributed by atoms with Crippen LogP contribution in [0.2, 0.25) is 0 Å². The van der Waals surface area contributed by atoms with Gasteiger partial charge in [-0.3, -0.25) is 0 Å². The first kappa shape index (κ1) is 9.83. The zero-order chi connectivity index (χ0) is 10.9. The topological polar surface area (TPSA) is 43.6 Å². The molecule has 15 heavy (non-hydrogen) atoms. The van der Waals surface area contributed by atoms with Gasteiger partial charge in [-0.25, -0.2) is 14.6 Å². The Hall–Kier alpha value is -1.71. The maximum atomic E-state index is 4.24. The molecule has 4 nitrogen and oxygen atoms in total. The zero-order valence-corrected chi connectivity index (χ0v) is 9.18. The fraction of sp³-hybridized carbons (Fsp3) is 0.364. The molecule has 0 amide bonds. The molecule has 0 aliphatic heterocycles. The number of aromatic nitrogens is 4. The predicted molar refractivity (Wildman–Crippen MR) is 57.9 cm³/mol. The Kier molecular flexibility index (Phi) is 2.26. The Bertz CT molecular complexity index is 439. The number of nitrogens with zero attached hydrogens (tertiary/aromatic N) is 4. The van der Waals surface area contributed by atoms with Gasteiger partial charge in [0.25, 0.3) is 0 Å². The highest BCUT2D eigenvalue weighted by Crippen LogP contribution is 2.21. The molecule has 0 aliphatic carbocycles. The summed E-state index contributed by atoms with van der Waals surface area (Å²) in [4.78, 5) is 8.27. The molecule has 4 heteroatoms. The van der Waals surface area contributed by atoms with Crippen LogP contribution in [-0.2, 0) is 5.41 Å². The first-order chi connectivity index (χ1) is 7.07. The fourth-order valence-corrected chi connectivity index (χ4v) is 1.23. The molecule has 0 unspecified atom stereocenters. The van der Waals surface area contributed by atoms with E-state index in [1.54, 1.807) is 23.1 Å². The van der Waals surface area contributed by atoms with Crippen molar-refractivity contribution in [3.8, 4) is 5.95 Å². The van der Waals surface area contributed by atoms with Crippen molar-refractivity contribution in [2.75, 3.05) is 0 Å². The molecule has 2 aromatic heterocycles. The minimum absolute atomic E-state index is 0.104. The minimum Gasteiger partial charge on any atom is -0.220 e. The van der Waals surface area contributed by atoms with Crippen LogP contribution in [0.3, 0.4) is 0 Å². The molecule has 0 aliphatic rings. The van der Waals surface area contributed by atoms with Gasteiger partial charge in [-0.05, 0) is 17.0 Å². The third kappa shape index (κ3) is 2.03. The maximum absolute atomic E-state index is 4.24. The average molecular weight is 202 g/mol. The Morgan fingerprint density at radius 1 is 1.13 bits per heavy atom. The van der Waals surface area contributed by atoms with Crippen molar-refractivity contribution in [3.05, 3.63) is 36.4 Å². The summed E-state index contributed by atoms with van der Waals surface area (Å²) < 4.78 is 1.70. The predicted octanol–water partition coefficient (Wildman–Crippen LogP) is 1.96. The van der Waals surface area contributed by atoms with Gasteiger partial charge in [0.1, 0.15) is 0 Å². The molecule has 0 radical (unpaired) electrons. The largest absolute Gasteiger partial charge is 0.250 e. The molecular formula is C11H14N4. The summed E-state index contributed by atoms with van der Waals surface area (Å²) in [5, 5.41) is 4.24. The second-order valence-electron chi connectivity index (χ2n) is 4.47. The van der Waals surface area contributed by atoms with Crippen LogP contribution in [0.15, 0.2) is 30.9 Å². The SMILES string of the molecule is CC(C)(C)c1cnn(-c2ncccn2)c1. The van der Waals surface area contributed by atoms with E-state index in [2.05, 4.69) is 35.8 Å². The van der Waals surface area contributed by atoms with E-state index < -0.39 is 0 Å². The second-order valence-corrected chi connectivity index (χ2v) is 4.47. The number of hydrogen-bond donors (Lipinski definition) is 0. The number of rotatable bonds is 1. The van der Waals surface area contributed by atoms with Crippen molar-refractivity contribution in [1.82, 2.24) is 19.7 Å². The van der Waals surface area contributed by atoms with Gasteiger partial charge in [-0.1, -0.05) is 20.8 Å². The molecule has 0 fully saturated rings. The van der Waals surface area contributed by atoms with Gasteiger partial charge in [0.05, 0.1) is 6.20 Å². The van der Waals surface area contributed by atoms with Gasteiger partial charge in [0.2, 0.25) is 5.95 Å². The molecule has 0 spiro atoms. The molecule has 0 saturated carbocycles. The van der Waals surface area contributed by atoms with Gasteiger partial charge in [0.15, 0.2) is 0 Å². The van der Waals surface area contributed by atoms with Crippen LogP contribution < -0.4 is 0 Å². The van der Waals surface area contributed by atoms with Crippen molar-refractivity contribution in [2.45, 2.75) is 26.2 Å². The molecule has 0 N–H and O–H groups in total. The van der Waals surface area contributed by atoms with Crippen LogP contribution in [0, 0.1) is 0 Å². The Labute approximate surface area is 89.0 Å². The normalized spacial score (nSPS) is 11.7. The molecule has 2 rings (SSSR count). The lowest BCUT2D eigenvalue weighted by atomic mass is 9.90. The summed E-state index contributed by atoms with van der Waals surface area (Å²) in [6, 6.07) is 1.79. The lowest BCUT2D eigenvalue weighted by molar-refractivity contribution is 0.590. The van der Waals surface area contributed by atoms with Crippen LogP contribution in [-0.4, -0.2) is 19.7 Å². The van der Waals surface area contributed by atoms with Gasteiger partial charge < -0.3 is 0 Å². The summed E-state index contributed by atoms with van der Waals surface area (Å²) in [7, 11) is 0. The van der Waals surface area contributed by atoms with E-state index in [-0.39, 0.29) is 5.41 Å². The molecule has 0 bridgehead atoms. The first-order valence-electron chi connectivity index (χ1n) is 4.90. The highest BCUT2D eigenvalue weighted by Gasteiger charge is 2.16.